The van der Waals surface area contributed by atoms with Gasteiger partial charge < -0.3 is 19.4 Å². The van der Waals surface area contributed by atoms with Crippen LogP contribution in [-0.4, -0.2) is 77.1 Å². The third-order valence-corrected chi connectivity index (χ3v) is 4.94. The van der Waals surface area contributed by atoms with E-state index in [0.717, 1.165) is 57.2 Å². The molecule has 1 unspecified atom stereocenters. The van der Waals surface area contributed by atoms with Crippen LogP contribution in [0.15, 0.2) is 30.6 Å². The molecular formula is C18H27Cl2N5O2. The summed E-state index contributed by atoms with van der Waals surface area (Å²) in [6, 6.07) is 6.19. The molecule has 2 aliphatic heterocycles. The largest absolute Gasteiger partial charge is 0.378 e. The van der Waals surface area contributed by atoms with E-state index in [1.165, 1.54) is 0 Å². The first-order chi connectivity index (χ1) is 12.3. The molecule has 2 aromatic heterocycles. The zero-order valence-electron chi connectivity index (χ0n) is 15.2. The molecule has 2 aliphatic rings. The van der Waals surface area contributed by atoms with Gasteiger partial charge in [-0.05, 0) is 12.1 Å². The monoisotopic (exact) mass is 415 g/mol. The van der Waals surface area contributed by atoms with E-state index in [1.54, 1.807) is 0 Å². The number of carbonyl (C=O) groups is 1. The van der Waals surface area contributed by atoms with E-state index >= 15 is 0 Å². The Hall–Kier alpha value is -1.38. The van der Waals surface area contributed by atoms with Crippen molar-refractivity contribution < 1.29 is 9.53 Å². The molecule has 150 valence electrons. The van der Waals surface area contributed by atoms with Crippen LogP contribution in [0.2, 0.25) is 0 Å². The Morgan fingerprint density at radius 2 is 2.04 bits per heavy atom. The molecule has 1 atom stereocenters. The summed E-state index contributed by atoms with van der Waals surface area (Å²) in [5.41, 5.74) is 2.06. The molecular weight excluding hydrogens is 389 g/mol. The number of pyridine rings is 1. The van der Waals surface area contributed by atoms with Crippen LogP contribution in [0, 0.1) is 0 Å². The van der Waals surface area contributed by atoms with E-state index < -0.39 is 0 Å². The highest BCUT2D eigenvalue weighted by Gasteiger charge is 2.24. The predicted molar refractivity (Wildman–Crippen MR) is 109 cm³/mol. The summed E-state index contributed by atoms with van der Waals surface area (Å²) in [5.74, 6) is 0.232. The molecule has 0 aliphatic carbocycles. The Labute approximate surface area is 171 Å². The minimum absolute atomic E-state index is 0. The Bertz CT molecular complexity index is 694. The Kier molecular flexibility index (Phi) is 8.31. The summed E-state index contributed by atoms with van der Waals surface area (Å²) in [7, 11) is 0. The quantitative estimate of drug-likeness (QED) is 0.812. The topological polar surface area (TPSA) is 62.1 Å². The van der Waals surface area contributed by atoms with Gasteiger partial charge in [-0.1, -0.05) is 6.07 Å². The van der Waals surface area contributed by atoms with Crippen LogP contribution < -0.4 is 5.32 Å². The van der Waals surface area contributed by atoms with E-state index in [0.29, 0.717) is 13.0 Å². The number of nitrogens with one attached hydrogen (secondary N) is 1. The molecule has 27 heavy (non-hydrogen) atoms. The number of fused-ring (bicyclic) bond motifs is 1. The second-order valence-electron chi connectivity index (χ2n) is 6.79. The molecule has 1 amide bonds. The highest BCUT2D eigenvalue weighted by Crippen LogP contribution is 2.11. The fourth-order valence-corrected chi connectivity index (χ4v) is 3.54. The van der Waals surface area contributed by atoms with Crippen molar-refractivity contribution in [3.8, 4) is 0 Å². The lowest BCUT2D eigenvalue weighted by Crippen LogP contribution is -2.51. The number of piperazine rings is 1. The molecule has 0 spiro atoms. The van der Waals surface area contributed by atoms with Gasteiger partial charge in [0.2, 0.25) is 5.91 Å². The maximum absolute atomic E-state index is 12.4. The van der Waals surface area contributed by atoms with Crippen molar-refractivity contribution in [3.05, 3.63) is 36.3 Å². The number of imidazole rings is 1. The molecule has 0 radical (unpaired) electrons. The van der Waals surface area contributed by atoms with Crippen molar-refractivity contribution in [2.75, 3.05) is 45.9 Å². The van der Waals surface area contributed by atoms with Crippen molar-refractivity contribution in [2.24, 2.45) is 0 Å². The lowest BCUT2D eigenvalue weighted by Gasteiger charge is -2.35. The highest BCUT2D eigenvalue weighted by atomic mass is 35.5. The number of aromatic nitrogens is 2. The van der Waals surface area contributed by atoms with Crippen molar-refractivity contribution in [1.29, 1.82) is 0 Å². The molecule has 2 fully saturated rings. The van der Waals surface area contributed by atoms with Gasteiger partial charge in [-0.2, -0.15) is 0 Å². The summed E-state index contributed by atoms with van der Waals surface area (Å²) in [6.45, 7) is 6.43. The van der Waals surface area contributed by atoms with Gasteiger partial charge in [-0.3, -0.25) is 9.69 Å². The van der Waals surface area contributed by atoms with Gasteiger partial charge in [0.1, 0.15) is 5.65 Å². The molecule has 1 N–H and O–H groups in total. The third kappa shape index (κ3) is 5.56. The molecule has 2 saturated heterocycles. The van der Waals surface area contributed by atoms with Gasteiger partial charge >= 0.3 is 0 Å². The van der Waals surface area contributed by atoms with Crippen molar-refractivity contribution in [1.82, 2.24) is 24.5 Å². The Morgan fingerprint density at radius 1 is 1.22 bits per heavy atom. The van der Waals surface area contributed by atoms with Crippen LogP contribution in [0.3, 0.4) is 0 Å². The molecule has 0 bridgehead atoms. The summed E-state index contributed by atoms with van der Waals surface area (Å²) in [5, 5.41) is 3.35. The molecule has 9 heteroatoms. The lowest BCUT2D eigenvalue weighted by atomic mass is 10.1. The van der Waals surface area contributed by atoms with Crippen molar-refractivity contribution >= 4 is 36.4 Å². The second kappa shape index (κ2) is 10.2. The molecule has 2 aromatic rings. The number of morpholine rings is 1. The maximum Gasteiger partial charge on any atom is 0.224 e. The summed E-state index contributed by atoms with van der Waals surface area (Å²) in [6.07, 6.45) is 4.64. The lowest BCUT2D eigenvalue weighted by molar-refractivity contribution is -0.134. The van der Waals surface area contributed by atoms with Gasteiger partial charge in [0.25, 0.3) is 0 Å². The van der Waals surface area contributed by atoms with Gasteiger partial charge in [0.15, 0.2) is 0 Å². The summed E-state index contributed by atoms with van der Waals surface area (Å²) >= 11 is 0. The van der Waals surface area contributed by atoms with Crippen LogP contribution in [0.25, 0.3) is 5.65 Å². The van der Waals surface area contributed by atoms with Gasteiger partial charge in [0, 0.05) is 64.1 Å². The normalized spacial score (nSPS) is 20.7. The standard InChI is InChI=1S/C18H25N5O2.2ClH/c24-18(11-15-14-25-10-4-19-15)22-8-6-21(7-9-22)12-16-13-23-5-2-1-3-17(23)20-16;;/h1-3,5,13,15,19H,4,6-12,14H2;2*1H. The van der Waals surface area contributed by atoms with Crippen LogP contribution in [0.1, 0.15) is 12.1 Å². The van der Waals surface area contributed by atoms with E-state index in [-0.39, 0.29) is 36.8 Å². The minimum atomic E-state index is 0. The fraction of sp³-hybridized carbons (Fsp3) is 0.556. The summed E-state index contributed by atoms with van der Waals surface area (Å²) in [4.78, 5) is 21.5. The SMILES string of the molecule is Cl.Cl.O=C(CC1COCCN1)N1CCN(Cc2cn3ccccc3n2)CC1. The first-order valence-corrected chi connectivity index (χ1v) is 9.02. The van der Waals surface area contributed by atoms with Crippen LogP contribution in [-0.2, 0) is 16.1 Å². The van der Waals surface area contributed by atoms with Gasteiger partial charge in [0.05, 0.1) is 18.9 Å². The van der Waals surface area contributed by atoms with E-state index in [4.69, 9.17) is 4.74 Å². The molecule has 4 rings (SSSR count). The highest BCUT2D eigenvalue weighted by molar-refractivity contribution is 5.85. The number of hydrogen-bond donors (Lipinski definition) is 1. The fourth-order valence-electron chi connectivity index (χ4n) is 3.54. The zero-order chi connectivity index (χ0) is 17.1. The maximum atomic E-state index is 12.4. The van der Waals surface area contributed by atoms with Crippen LogP contribution >= 0.6 is 24.8 Å². The van der Waals surface area contributed by atoms with Crippen molar-refractivity contribution in [3.63, 3.8) is 0 Å². The average molecular weight is 416 g/mol. The Balaban J connectivity index is 0.00000131. The smallest absolute Gasteiger partial charge is 0.224 e. The average Bonchev–Trinajstić information content (AvgIpc) is 3.05. The second-order valence-corrected chi connectivity index (χ2v) is 6.79. The number of rotatable bonds is 4. The molecule has 0 saturated carbocycles. The molecule has 0 aromatic carbocycles. The third-order valence-electron chi connectivity index (χ3n) is 4.94. The predicted octanol–water partition coefficient (Wildman–Crippen LogP) is 1.20. The van der Waals surface area contributed by atoms with Crippen molar-refractivity contribution in [2.45, 2.75) is 19.0 Å². The molecule has 4 heterocycles. The number of carbonyl (C=O) groups excluding carboxylic acids is 1. The number of ether oxygens (including phenoxy) is 1. The number of amides is 1. The van der Waals surface area contributed by atoms with Crippen LogP contribution in [0.5, 0.6) is 0 Å². The Morgan fingerprint density at radius 3 is 2.74 bits per heavy atom. The van der Waals surface area contributed by atoms with Crippen LogP contribution in [0.4, 0.5) is 0 Å². The minimum Gasteiger partial charge on any atom is -0.378 e. The van der Waals surface area contributed by atoms with E-state index in [9.17, 15) is 4.79 Å². The van der Waals surface area contributed by atoms with E-state index in [2.05, 4.69) is 21.4 Å². The first-order valence-electron chi connectivity index (χ1n) is 9.02. The van der Waals surface area contributed by atoms with Gasteiger partial charge in [-0.15, -0.1) is 24.8 Å². The molecule has 7 nitrogen and oxygen atoms in total. The van der Waals surface area contributed by atoms with E-state index in [1.807, 2.05) is 33.7 Å². The summed E-state index contributed by atoms with van der Waals surface area (Å²) < 4.78 is 7.48. The number of halogens is 2. The number of hydrogen-bond acceptors (Lipinski definition) is 5. The number of nitrogens with zero attached hydrogens (tertiary/aromatic N) is 4. The van der Waals surface area contributed by atoms with Gasteiger partial charge in [-0.25, -0.2) is 4.98 Å². The first kappa shape index (κ1) is 21.9. The zero-order valence-corrected chi connectivity index (χ0v) is 16.9.